The normalized spacial score (nSPS) is 17.2. The molecule has 0 spiro atoms. The van der Waals surface area contributed by atoms with E-state index in [0.717, 1.165) is 0 Å². The minimum atomic E-state index is 0.586. The van der Waals surface area contributed by atoms with Gasteiger partial charge in [-0.25, -0.2) is 0 Å². The zero-order valence-electron chi connectivity index (χ0n) is 12.5. The van der Waals surface area contributed by atoms with Crippen molar-refractivity contribution in [3.05, 3.63) is 53.6 Å². The van der Waals surface area contributed by atoms with Crippen LogP contribution in [0.15, 0.2) is 42.5 Å². The van der Waals surface area contributed by atoms with Crippen LogP contribution in [0.5, 0.6) is 0 Å². The Morgan fingerprint density at radius 1 is 1.10 bits per heavy atom. The van der Waals surface area contributed by atoms with E-state index in [1.54, 1.807) is 0 Å². The molecule has 0 bridgehead atoms. The molecule has 2 heteroatoms. The second-order valence-electron chi connectivity index (χ2n) is 5.82. The number of hydrogen-bond acceptors (Lipinski definition) is 2. The lowest BCUT2D eigenvalue weighted by Gasteiger charge is -2.27. The van der Waals surface area contributed by atoms with Crippen LogP contribution in [0.2, 0.25) is 0 Å². The molecular weight excluding hydrogens is 244 g/mol. The highest BCUT2D eigenvalue weighted by molar-refractivity contribution is 5.68. The summed E-state index contributed by atoms with van der Waals surface area (Å²) in [7, 11) is 2.13. The first-order valence-electron chi connectivity index (χ1n) is 7.33. The van der Waals surface area contributed by atoms with Gasteiger partial charge in [0.15, 0.2) is 0 Å². The smallest absolute Gasteiger partial charge is 0.0412 e. The molecule has 0 amide bonds. The summed E-state index contributed by atoms with van der Waals surface area (Å²) in [6.45, 7) is 4.38. The molecule has 0 saturated carbocycles. The Morgan fingerprint density at radius 2 is 1.90 bits per heavy atom. The number of hydrogen-bond donors (Lipinski definition) is 1. The zero-order chi connectivity index (χ0) is 14.1. The van der Waals surface area contributed by atoms with Crippen molar-refractivity contribution in [3.63, 3.8) is 0 Å². The van der Waals surface area contributed by atoms with Gasteiger partial charge in [0.1, 0.15) is 0 Å². The molecule has 1 atom stereocenters. The van der Waals surface area contributed by atoms with E-state index in [0.29, 0.717) is 6.04 Å². The van der Waals surface area contributed by atoms with Gasteiger partial charge in [-0.05, 0) is 68.1 Å². The molecule has 3 rings (SSSR count). The van der Waals surface area contributed by atoms with Gasteiger partial charge in [0.25, 0.3) is 0 Å². The third kappa shape index (κ3) is 2.51. The van der Waals surface area contributed by atoms with E-state index < -0.39 is 0 Å². The van der Waals surface area contributed by atoms with Crippen molar-refractivity contribution < 1.29 is 0 Å². The maximum Gasteiger partial charge on any atom is 0.0412 e. The van der Waals surface area contributed by atoms with Crippen LogP contribution in [0.3, 0.4) is 0 Å². The number of benzene rings is 2. The number of aryl methyl sites for hydroxylation is 2. The summed E-state index contributed by atoms with van der Waals surface area (Å²) in [5.74, 6) is 0. The van der Waals surface area contributed by atoms with Gasteiger partial charge in [0.05, 0.1) is 0 Å². The van der Waals surface area contributed by atoms with E-state index in [-0.39, 0.29) is 0 Å². The average molecular weight is 266 g/mol. The fourth-order valence-corrected chi connectivity index (χ4v) is 2.83. The molecule has 0 saturated heterocycles. The van der Waals surface area contributed by atoms with Gasteiger partial charge in [-0.1, -0.05) is 12.1 Å². The lowest BCUT2D eigenvalue weighted by atomic mass is 9.98. The number of nitrogens with zero attached hydrogens (tertiary/aromatic N) is 1. The van der Waals surface area contributed by atoms with Gasteiger partial charge < -0.3 is 10.2 Å². The highest BCUT2D eigenvalue weighted by atomic mass is 15.1. The molecule has 104 valence electrons. The molecule has 0 radical (unpaired) electrons. The summed E-state index contributed by atoms with van der Waals surface area (Å²) in [5, 5.41) is 3.56. The van der Waals surface area contributed by atoms with Gasteiger partial charge >= 0.3 is 0 Å². The number of fused-ring (bicyclic) bond motifs is 1. The van der Waals surface area contributed by atoms with Crippen molar-refractivity contribution in [2.75, 3.05) is 17.3 Å². The first-order valence-corrected chi connectivity index (χ1v) is 7.33. The maximum atomic E-state index is 3.56. The molecule has 1 N–H and O–H groups in total. The summed E-state index contributed by atoms with van der Waals surface area (Å²) in [4.78, 5) is 2.26. The second kappa shape index (κ2) is 5.20. The van der Waals surface area contributed by atoms with Crippen LogP contribution in [0.25, 0.3) is 0 Å². The Bertz CT molecular complexity index is 619. The third-order valence-corrected chi connectivity index (χ3v) is 4.11. The van der Waals surface area contributed by atoms with Crippen molar-refractivity contribution in [1.29, 1.82) is 0 Å². The molecule has 0 aromatic heterocycles. The SMILES string of the molecule is Cc1cccc(N(C)c2ccc3c(c2)CCC(C)N3)c1. The van der Waals surface area contributed by atoms with Crippen LogP contribution in [0.4, 0.5) is 17.1 Å². The molecule has 1 aliphatic rings. The number of rotatable bonds is 2. The molecule has 0 fully saturated rings. The average Bonchev–Trinajstić information content (AvgIpc) is 2.46. The van der Waals surface area contributed by atoms with Gasteiger partial charge in [-0.2, -0.15) is 0 Å². The molecular formula is C18H22N2. The van der Waals surface area contributed by atoms with E-state index in [4.69, 9.17) is 0 Å². The van der Waals surface area contributed by atoms with E-state index in [1.807, 2.05) is 0 Å². The first kappa shape index (κ1) is 13.0. The Kier molecular flexibility index (Phi) is 3.39. The van der Waals surface area contributed by atoms with Crippen molar-refractivity contribution >= 4 is 17.1 Å². The Balaban J connectivity index is 1.91. The minimum Gasteiger partial charge on any atom is -0.382 e. The summed E-state index contributed by atoms with van der Waals surface area (Å²) in [6, 6.07) is 15.9. The topological polar surface area (TPSA) is 15.3 Å². The van der Waals surface area contributed by atoms with Gasteiger partial charge in [0, 0.05) is 30.2 Å². The van der Waals surface area contributed by atoms with Crippen LogP contribution in [-0.2, 0) is 6.42 Å². The van der Waals surface area contributed by atoms with E-state index in [2.05, 4.69) is 73.6 Å². The molecule has 1 aliphatic heterocycles. The Morgan fingerprint density at radius 3 is 2.70 bits per heavy atom. The molecule has 2 aromatic rings. The lowest BCUT2D eigenvalue weighted by Crippen LogP contribution is -2.22. The van der Waals surface area contributed by atoms with Crippen LogP contribution in [0, 0.1) is 6.92 Å². The van der Waals surface area contributed by atoms with Crippen LogP contribution < -0.4 is 10.2 Å². The molecule has 2 aromatic carbocycles. The van der Waals surface area contributed by atoms with Gasteiger partial charge in [0.2, 0.25) is 0 Å². The Hall–Kier alpha value is -1.96. The number of nitrogens with one attached hydrogen (secondary N) is 1. The largest absolute Gasteiger partial charge is 0.382 e. The van der Waals surface area contributed by atoms with E-state index in [1.165, 1.54) is 41.0 Å². The summed E-state index contributed by atoms with van der Waals surface area (Å²) >= 11 is 0. The fraction of sp³-hybridized carbons (Fsp3) is 0.333. The standard InChI is InChI=1S/C18H22N2/c1-13-5-4-6-16(11-13)20(3)17-9-10-18-15(12-17)8-7-14(2)19-18/h4-6,9-12,14,19H,7-8H2,1-3H3. The lowest BCUT2D eigenvalue weighted by molar-refractivity contribution is 0.681. The monoisotopic (exact) mass is 266 g/mol. The first-order chi connectivity index (χ1) is 9.63. The van der Waals surface area contributed by atoms with Crippen molar-refractivity contribution in [3.8, 4) is 0 Å². The summed E-state index contributed by atoms with van der Waals surface area (Å²) < 4.78 is 0. The highest BCUT2D eigenvalue weighted by Gasteiger charge is 2.15. The van der Waals surface area contributed by atoms with Crippen molar-refractivity contribution in [2.24, 2.45) is 0 Å². The van der Waals surface area contributed by atoms with Crippen LogP contribution >= 0.6 is 0 Å². The fourth-order valence-electron chi connectivity index (χ4n) is 2.83. The predicted molar refractivity (Wildman–Crippen MR) is 87.1 cm³/mol. The zero-order valence-corrected chi connectivity index (χ0v) is 12.5. The quantitative estimate of drug-likeness (QED) is 0.860. The van der Waals surface area contributed by atoms with Crippen LogP contribution in [0.1, 0.15) is 24.5 Å². The Labute approximate surface area is 121 Å². The van der Waals surface area contributed by atoms with Crippen LogP contribution in [-0.4, -0.2) is 13.1 Å². The third-order valence-electron chi connectivity index (χ3n) is 4.11. The van der Waals surface area contributed by atoms with Crippen molar-refractivity contribution in [1.82, 2.24) is 0 Å². The molecule has 1 unspecified atom stereocenters. The van der Waals surface area contributed by atoms with Gasteiger partial charge in [-0.15, -0.1) is 0 Å². The maximum absolute atomic E-state index is 3.56. The summed E-state index contributed by atoms with van der Waals surface area (Å²) in [6.07, 6.45) is 2.38. The number of anilines is 3. The second-order valence-corrected chi connectivity index (χ2v) is 5.82. The minimum absolute atomic E-state index is 0.586. The predicted octanol–water partition coefficient (Wildman–Crippen LogP) is 4.51. The summed E-state index contributed by atoms with van der Waals surface area (Å²) in [5.41, 5.74) is 6.51. The van der Waals surface area contributed by atoms with Gasteiger partial charge in [-0.3, -0.25) is 0 Å². The molecule has 20 heavy (non-hydrogen) atoms. The van der Waals surface area contributed by atoms with E-state index in [9.17, 15) is 0 Å². The highest BCUT2D eigenvalue weighted by Crippen LogP contribution is 2.31. The van der Waals surface area contributed by atoms with Crippen molar-refractivity contribution in [2.45, 2.75) is 32.7 Å². The molecule has 0 aliphatic carbocycles. The van der Waals surface area contributed by atoms with E-state index >= 15 is 0 Å². The molecule has 2 nitrogen and oxygen atoms in total. The molecule has 1 heterocycles.